The van der Waals surface area contributed by atoms with Crippen molar-refractivity contribution < 1.29 is 61.4 Å². The normalized spacial score (nSPS) is 30.9. The summed E-state index contributed by atoms with van der Waals surface area (Å²) in [7, 11) is -17.3. The molecule has 168 valence electrons. The number of nitrogen functional groups attached to an aromatic ring is 1. The van der Waals surface area contributed by atoms with Gasteiger partial charge in [0, 0.05) is 6.20 Å². The maximum absolute atomic E-state index is 12.1. The first kappa shape index (κ1) is 25.2. The van der Waals surface area contributed by atoms with Gasteiger partial charge in [0.1, 0.15) is 11.9 Å². The molecule has 0 saturated carbocycles. The summed E-state index contributed by atoms with van der Waals surface area (Å²) in [5.41, 5.74) is 5.45. The minimum Gasteiger partial charge on any atom is -0.385 e. The number of hydrogen-bond acceptors (Lipinski definition) is 12. The van der Waals surface area contributed by atoms with Gasteiger partial charge in [-0.1, -0.05) is 0 Å². The van der Waals surface area contributed by atoms with Crippen molar-refractivity contribution in [3.8, 4) is 12.3 Å². The quantitative estimate of drug-likeness (QED) is 0.134. The molecule has 0 aliphatic carbocycles. The fraction of sp³-hybridized carbons (Fsp3) is 0.400. The minimum atomic E-state index is -5.87. The molecule has 3 unspecified atom stereocenters. The minimum absolute atomic E-state index is 0.000705. The zero-order valence-electron chi connectivity index (χ0n) is 14.2. The molecular weight excluding hydrogens is 495 g/mol. The van der Waals surface area contributed by atoms with Gasteiger partial charge in [-0.25, -0.2) is 23.2 Å². The fourth-order valence-corrected chi connectivity index (χ4v) is 5.69. The molecule has 30 heavy (non-hydrogen) atoms. The zero-order chi connectivity index (χ0) is 23.1. The molecule has 8 N–H and O–H groups in total. The number of nitrogens with zero attached hydrogens (tertiary/aromatic N) is 2. The first-order valence-electron chi connectivity index (χ1n) is 7.22. The van der Waals surface area contributed by atoms with E-state index in [0.29, 0.717) is 0 Å². The number of phosphoric acid groups is 3. The molecule has 2 rings (SSSR count). The van der Waals surface area contributed by atoms with E-state index in [-0.39, 0.29) is 10.6 Å². The van der Waals surface area contributed by atoms with Crippen LogP contribution in [0, 0.1) is 17.1 Å². The Morgan fingerprint density at radius 2 is 1.83 bits per heavy atom. The third-order valence-corrected chi connectivity index (χ3v) is 7.43. The van der Waals surface area contributed by atoms with E-state index < -0.39 is 47.7 Å². The SMILES string of the molecule is C#C[C@]1(OP(=O)(O)OP(=O)(O)OP(=O)(O)O)O[C@@H](n2ccc(N)nc2=S)C(O)[C@H]1O. The van der Waals surface area contributed by atoms with E-state index >= 15 is 0 Å². The van der Waals surface area contributed by atoms with Crippen LogP contribution in [0.5, 0.6) is 0 Å². The van der Waals surface area contributed by atoms with Gasteiger partial charge in [0.25, 0.3) is 5.79 Å². The van der Waals surface area contributed by atoms with E-state index in [2.05, 4.69) is 18.1 Å². The van der Waals surface area contributed by atoms with E-state index in [4.69, 9.17) is 38.9 Å². The molecule has 1 aromatic heterocycles. The Morgan fingerprint density at radius 1 is 1.23 bits per heavy atom. The summed E-state index contributed by atoms with van der Waals surface area (Å²) in [5.74, 6) is -1.30. The van der Waals surface area contributed by atoms with Crippen LogP contribution >= 0.6 is 35.7 Å². The van der Waals surface area contributed by atoms with Crippen molar-refractivity contribution in [3.05, 3.63) is 17.0 Å². The molecule has 2 heterocycles. The highest BCUT2D eigenvalue weighted by molar-refractivity contribution is 7.71. The second kappa shape index (κ2) is 8.47. The molecule has 16 nitrogen and oxygen atoms in total. The van der Waals surface area contributed by atoms with E-state index in [9.17, 15) is 33.7 Å². The summed E-state index contributed by atoms with van der Waals surface area (Å²) in [6.45, 7) is 0. The molecule has 0 bridgehead atoms. The molecule has 20 heteroatoms. The van der Waals surface area contributed by atoms with Crippen LogP contribution in [0.15, 0.2) is 12.3 Å². The summed E-state index contributed by atoms with van der Waals surface area (Å²) in [6.07, 6.45) is 0.535. The van der Waals surface area contributed by atoms with Gasteiger partial charge in [-0.05, 0) is 24.2 Å². The Bertz CT molecular complexity index is 1070. The molecule has 0 amide bonds. The van der Waals surface area contributed by atoms with Crippen molar-refractivity contribution in [2.75, 3.05) is 5.73 Å². The summed E-state index contributed by atoms with van der Waals surface area (Å²) in [4.78, 5) is 39.6. The third-order valence-electron chi connectivity index (χ3n) is 3.29. The molecule has 1 fully saturated rings. The topological polar surface area (TPSA) is 253 Å². The third kappa shape index (κ3) is 5.80. The average molecular weight is 509 g/mol. The molecule has 0 radical (unpaired) electrons. The van der Waals surface area contributed by atoms with Crippen molar-refractivity contribution in [2.45, 2.75) is 24.2 Å². The number of ether oxygens (including phenoxy) is 1. The lowest BCUT2D eigenvalue weighted by Crippen LogP contribution is -2.43. The van der Waals surface area contributed by atoms with E-state index in [1.54, 1.807) is 5.92 Å². The number of hydrogen-bond donors (Lipinski definition) is 7. The Labute approximate surface area is 172 Å². The van der Waals surface area contributed by atoms with Crippen LogP contribution in [0.4, 0.5) is 5.82 Å². The van der Waals surface area contributed by atoms with Gasteiger partial charge >= 0.3 is 23.5 Å². The highest BCUT2D eigenvalue weighted by atomic mass is 32.1. The number of rotatable bonds is 7. The first-order valence-corrected chi connectivity index (χ1v) is 12.1. The van der Waals surface area contributed by atoms with E-state index in [1.165, 1.54) is 12.3 Å². The van der Waals surface area contributed by atoms with Crippen LogP contribution in [0.25, 0.3) is 0 Å². The Morgan fingerprint density at radius 3 is 2.33 bits per heavy atom. The van der Waals surface area contributed by atoms with Gasteiger partial charge in [-0.2, -0.15) is 8.62 Å². The molecule has 1 aliphatic rings. The van der Waals surface area contributed by atoms with Crippen LogP contribution < -0.4 is 5.73 Å². The number of terminal acetylenes is 1. The standard InChI is InChI=1S/C10H14N3O13P3S/c1-2-10(24-28(19,20)26-29(21,22)25-27(16,17)18)7(15)6(14)8(23-10)13-4-3-5(11)12-9(13)30/h1,3-4,6-8,14-15H,(H,19,20)(H,21,22)(H2,11,12,30)(H2,16,17,18)/t6?,7-,8-,10-/m1/s1. The molecule has 1 saturated heterocycles. The van der Waals surface area contributed by atoms with Gasteiger partial charge in [0.2, 0.25) is 4.77 Å². The zero-order valence-corrected chi connectivity index (χ0v) is 17.7. The van der Waals surface area contributed by atoms with Gasteiger partial charge in [-0.3, -0.25) is 4.57 Å². The highest BCUT2D eigenvalue weighted by Gasteiger charge is 2.59. The van der Waals surface area contributed by atoms with Gasteiger partial charge in [0.15, 0.2) is 12.3 Å². The van der Waals surface area contributed by atoms with E-state index in [1.807, 2.05) is 0 Å². The molecular formula is C10H14N3O13P3S. The summed E-state index contributed by atoms with van der Waals surface area (Å²) < 4.78 is 51.6. The summed E-state index contributed by atoms with van der Waals surface area (Å²) in [5, 5.41) is 20.5. The second-order valence-electron chi connectivity index (χ2n) is 5.48. The Balaban J connectivity index is 2.33. The molecule has 1 aliphatic heterocycles. The maximum atomic E-state index is 12.1. The lowest BCUT2D eigenvalue weighted by molar-refractivity contribution is -0.187. The number of aliphatic hydroxyl groups is 2. The summed E-state index contributed by atoms with van der Waals surface area (Å²) in [6, 6.07) is 1.23. The lowest BCUT2D eigenvalue weighted by atomic mass is 10.1. The lowest BCUT2D eigenvalue weighted by Gasteiger charge is -2.28. The Kier molecular flexibility index (Phi) is 7.12. The van der Waals surface area contributed by atoms with Gasteiger partial charge in [-0.15, -0.1) is 6.42 Å². The van der Waals surface area contributed by atoms with Crippen molar-refractivity contribution in [2.24, 2.45) is 0 Å². The van der Waals surface area contributed by atoms with Crippen LogP contribution in [0.1, 0.15) is 6.23 Å². The fourth-order valence-electron chi connectivity index (χ4n) is 2.23. The van der Waals surface area contributed by atoms with Crippen molar-refractivity contribution in [1.82, 2.24) is 9.55 Å². The van der Waals surface area contributed by atoms with Crippen molar-refractivity contribution >= 4 is 41.5 Å². The molecule has 1 aromatic rings. The number of anilines is 1. The average Bonchev–Trinajstić information content (AvgIpc) is 2.76. The Hall–Kier alpha value is -1.05. The van der Waals surface area contributed by atoms with Crippen molar-refractivity contribution in [1.29, 1.82) is 0 Å². The summed E-state index contributed by atoms with van der Waals surface area (Å²) >= 11 is 4.93. The largest absolute Gasteiger partial charge is 0.490 e. The molecule has 0 spiro atoms. The number of phosphoric ester groups is 1. The first-order chi connectivity index (χ1) is 13.5. The second-order valence-corrected chi connectivity index (χ2v) is 10.2. The van der Waals surface area contributed by atoms with Crippen LogP contribution in [0.3, 0.4) is 0 Å². The number of nitrogens with two attached hydrogens (primary N) is 1. The van der Waals surface area contributed by atoms with Crippen LogP contribution in [-0.4, -0.2) is 57.3 Å². The predicted molar refractivity (Wildman–Crippen MR) is 96.1 cm³/mol. The smallest absolute Gasteiger partial charge is 0.385 e. The van der Waals surface area contributed by atoms with Gasteiger partial charge in [0.05, 0.1) is 0 Å². The highest BCUT2D eigenvalue weighted by Crippen LogP contribution is 2.67. The van der Waals surface area contributed by atoms with Crippen LogP contribution in [-0.2, 0) is 31.6 Å². The van der Waals surface area contributed by atoms with E-state index in [0.717, 1.165) is 4.57 Å². The number of aromatic nitrogens is 2. The van der Waals surface area contributed by atoms with Gasteiger partial charge < -0.3 is 40.3 Å². The molecule has 6 atom stereocenters. The van der Waals surface area contributed by atoms with Crippen LogP contribution in [0.2, 0.25) is 0 Å². The predicted octanol–water partition coefficient (Wildman–Crippen LogP) is -0.882. The van der Waals surface area contributed by atoms with Crippen molar-refractivity contribution in [3.63, 3.8) is 0 Å². The molecule has 0 aromatic carbocycles. The number of aliphatic hydroxyl groups excluding tert-OH is 2. The monoisotopic (exact) mass is 509 g/mol. The maximum Gasteiger partial charge on any atom is 0.490 e.